The lowest BCUT2D eigenvalue weighted by molar-refractivity contribution is -0.143. The highest BCUT2D eigenvalue weighted by Crippen LogP contribution is 2.32. The van der Waals surface area contributed by atoms with Crippen molar-refractivity contribution in [1.82, 2.24) is 24.6 Å². The molecule has 4 rings (SSSR count). The lowest BCUT2D eigenvalue weighted by Crippen LogP contribution is -2.55. The van der Waals surface area contributed by atoms with Crippen LogP contribution in [0.15, 0.2) is 59.8 Å². The smallest absolute Gasteiger partial charge is 0.223 e. The van der Waals surface area contributed by atoms with Gasteiger partial charge in [0.15, 0.2) is 11.0 Å². The van der Waals surface area contributed by atoms with E-state index >= 15 is 0 Å². The summed E-state index contributed by atoms with van der Waals surface area (Å²) < 4.78 is 2.02. The fraction of sp³-hybridized carbons (Fsp3) is 0.500. The molecule has 0 aliphatic carbocycles. The Morgan fingerprint density at radius 2 is 1.73 bits per heavy atom. The van der Waals surface area contributed by atoms with Crippen LogP contribution in [0.1, 0.15) is 60.3 Å². The number of halogens is 1. The van der Waals surface area contributed by atoms with E-state index in [1.165, 1.54) is 0 Å². The van der Waals surface area contributed by atoms with Crippen LogP contribution in [0.25, 0.3) is 17.1 Å². The number of rotatable bonds is 10. The zero-order valence-corrected chi connectivity index (χ0v) is 26.4. The molecule has 1 aromatic heterocycles. The topological polar surface area (TPSA) is 71.3 Å². The van der Waals surface area contributed by atoms with E-state index in [9.17, 15) is 9.59 Å². The number of nitrogens with zero attached hydrogens (tertiary/aromatic N) is 5. The highest BCUT2D eigenvalue weighted by atomic mass is 35.5. The zero-order valence-electron chi connectivity index (χ0n) is 24.8. The van der Waals surface area contributed by atoms with Crippen molar-refractivity contribution in [2.45, 2.75) is 71.5 Å². The fourth-order valence-electron chi connectivity index (χ4n) is 5.62. The predicted octanol–water partition coefficient (Wildman–Crippen LogP) is 6.98. The normalized spacial score (nSPS) is 16.6. The van der Waals surface area contributed by atoms with Crippen LogP contribution in [0.5, 0.6) is 0 Å². The summed E-state index contributed by atoms with van der Waals surface area (Å²) in [7, 11) is 0. The molecule has 9 heteroatoms. The van der Waals surface area contributed by atoms with Gasteiger partial charge in [0.2, 0.25) is 11.8 Å². The summed E-state index contributed by atoms with van der Waals surface area (Å²) >= 11 is 8.08. The Kier molecular flexibility index (Phi) is 10.5. The first-order valence-electron chi connectivity index (χ1n) is 14.5. The van der Waals surface area contributed by atoms with Gasteiger partial charge < -0.3 is 9.80 Å². The number of thioether (sulfide) groups is 1. The number of amides is 2. The van der Waals surface area contributed by atoms with Crippen molar-refractivity contribution in [3.05, 3.63) is 59.6 Å². The Balaban J connectivity index is 1.30. The van der Waals surface area contributed by atoms with Crippen LogP contribution < -0.4 is 0 Å². The van der Waals surface area contributed by atoms with E-state index in [4.69, 9.17) is 11.6 Å². The minimum atomic E-state index is 0.0315. The van der Waals surface area contributed by atoms with E-state index < -0.39 is 0 Å². The SMILES string of the molecule is CC(CC(=O)N1CCN(C(=O)CCCSc2nnc(-c3ccccc3Cl)n2-c2ccccc2)CC1C)CC(C)(C)C. The first-order valence-corrected chi connectivity index (χ1v) is 15.9. The van der Waals surface area contributed by atoms with Gasteiger partial charge in [0.05, 0.1) is 5.02 Å². The average Bonchev–Trinajstić information content (AvgIpc) is 3.34. The molecule has 1 fully saturated rings. The molecular formula is C32H42ClN5O2S. The molecule has 2 atom stereocenters. The Morgan fingerprint density at radius 1 is 1.02 bits per heavy atom. The van der Waals surface area contributed by atoms with Gasteiger partial charge in [-0.2, -0.15) is 0 Å². The van der Waals surface area contributed by atoms with E-state index in [2.05, 4.69) is 44.8 Å². The molecule has 2 amide bonds. The molecule has 2 aromatic carbocycles. The van der Waals surface area contributed by atoms with E-state index in [1.807, 2.05) is 69.0 Å². The molecule has 0 N–H and O–H groups in total. The largest absolute Gasteiger partial charge is 0.339 e. The fourth-order valence-corrected chi connectivity index (χ4v) is 6.73. The van der Waals surface area contributed by atoms with E-state index in [-0.39, 0.29) is 23.3 Å². The number of hydrogen-bond donors (Lipinski definition) is 0. The van der Waals surface area contributed by atoms with Crippen LogP contribution in [0.2, 0.25) is 5.02 Å². The van der Waals surface area contributed by atoms with Crippen LogP contribution in [0.4, 0.5) is 0 Å². The van der Waals surface area contributed by atoms with Gasteiger partial charge in [-0.3, -0.25) is 14.2 Å². The molecular weight excluding hydrogens is 554 g/mol. The van der Waals surface area contributed by atoms with E-state index in [1.54, 1.807) is 11.8 Å². The maximum atomic E-state index is 13.0. The summed E-state index contributed by atoms with van der Waals surface area (Å²) in [5.41, 5.74) is 1.99. The highest BCUT2D eigenvalue weighted by Gasteiger charge is 2.30. The summed E-state index contributed by atoms with van der Waals surface area (Å²) in [6, 6.07) is 17.7. The molecule has 2 unspecified atom stereocenters. The molecule has 0 radical (unpaired) electrons. The summed E-state index contributed by atoms with van der Waals surface area (Å²) in [5.74, 6) is 2.12. The molecule has 41 heavy (non-hydrogen) atoms. The van der Waals surface area contributed by atoms with Gasteiger partial charge in [0.25, 0.3) is 0 Å². The lowest BCUT2D eigenvalue weighted by Gasteiger charge is -2.40. The van der Waals surface area contributed by atoms with Crippen LogP contribution in [-0.4, -0.2) is 67.8 Å². The monoisotopic (exact) mass is 595 g/mol. The second-order valence-corrected chi connectivity index (χ2v) is 13.7. The van der Waals surface area contributed by atoms with Crippen LogP contribution >= 0.6 is 23.4 Å². The molecule has 0 bridgehead atoms. The Morgan fingerprint density at radius 3 is 2.41 bits per heavy atom. The Hall–Kier alpha value is -2.84. The van der Waals surface area contributed by atoms with Gasteiger partial charge in [-0.15, -0.1) is 10.2 Å². The number of carbonyl (C=O) groups excluding carboxylic acids is 2. The molecule has 1 saturated heterocycles. The Bertz CT molecular complexity index is 1320. The quantitative estimate of drug-likeness (QED) is 0.187. The van der Waals surface area contributed by atoms with Gasteiger partial charge in [-0.1, -0.05) is 81.4 Å². The van der Waals surface area contributed by atoms with Gasteiger partial charge in [0.1, 0.15) is 0 Å². The minimum Gasteiger partial charge on any atom is -0.339 e. The summed E-state index contributed by atoms with van der Waals surface area (Å²) in [5, 5.41) is 10.3. The number of aromatic nitrogens is 3. The van der Waals surface area contributed by atoms with Gasteiger partial charge in [-0.25, -0.2) is 0 Å². The standard InChI is InChI=1S/C32H42ClN5O2S/c1-23(21-32(3,4)5)20-29(40)37-18-17-36(22-24(37)2)28(39)16-11-19-41-31-35-34-30(26-14-9-10-15-27(26)33)38(31)25-12-7-6-8-13-25/h6-10,12-15,23-24H,11,16-22H2,1-5H3. The molecule has 1 aliphatic rings. The van der Waals surface area contributed by atoms with Crippen molar-refractivity contribution in [3.8, 4) is 17.1 Å². The van der Waals surface area contributed by atoms with Gasteiger partial charge in [-0.05, 0) is 55.4 Å². The predicted molar refractivity (Wildman–Crippen MR) is 167 cm³/mol. The maximum absolute atomic E-state index is 13.0. The van der Waals surface area contributed by atoms with Gasteiger partial charge in [0, 0.05) is 55.5 Å². The minimum absolute atomic E-state index is 0.0315. The average molecular weight is 596 g/mol. The molecule has 220 valence electrons. The van der Waals surface area contributed by atoms with Crippen molar-refractivity contribution < 1.29 is 9.59 Å². The van der Waals surface area contributed by atoms with Gasteiger partial charge >= 0.3 is 0 Å². The Labute approximate surface area is 253 Å². The highest BCUT2D eigenvalue weighted by molar-refractivity contribution is 7.99. The van der Waals surface area contributed by atoms with Crippen molar-refractivity contribution >= 4 is 35.2 Å². The summed E-state index contributed by atoms with van der Waals surface area (Å²) in [6.07, 6.45) is 2.78. The molecule has 2 heterocycles. The number of carbonyl (C=O) groups is 2. The molecule has 7 nitrogen and oxygen atoms in total. The molecule has 1 aliphatic heterocycles. The lowest BCUT2D eigenvalue weighted by atomic mass is 9.84. The van der Waals surface area contributed by atoms with Crippen LogP contribution in [-0.2, 0) is 9.59 Å². The maximum Gasteiger partial charge on any atom is 0.223 e. The molecule has 3 aromatic rings. The second-order valence-electron chi connectivity index (χ2n) is 12.3. The van der Waals surface area contributed by atoms with E-state index in [0.717, 1.165) is 35.0 Å². The van der Waals surface area contributed by atoms with Crippen molar-refractivity contribution in [3.63, 3.8) is 0 Å². The number of para-hydroxylation sites is 1. The van der Waals surface area contributed by atoms with Crippen molar-refractivity contribution in [2.75, 3.05) is 25.4 Å². The van der Waals surface area contributed by atoms with E-state index in [0.29, 0.717) is 49.2 Å². The summed E-state index contributed by atoms with van der Waals surface area (Å²) in [6.45, 7) is 12.6. The summed E-state index contributed by atoms with van der Waals surface area (Å²) in [4.78, 5) is 29.9. The third kappa shape index (κ3) is 8.35. The third-order valence-electron chi connectivity index (χ3n) is 7.31. The molecule has 0 spiro atoms. The second kappa shape index (κ2) is 13.9. The van der Waals surface area contributed by atoms with Crippen molar-refractivity contribution in [1.29, 1.82) is 0 Å². The van der Waals surface area contributed by atoms with Crippen molar-refractivity contribution in [2.24, 2.45) is 11.3 Å². The number of piperazine rings is 1. The zero-order chi connectivity index (χ0) is 29.6. The van der Waals surface area contributed by atoms with Crippen LogP contribution in [0.3, 0.4) is 0 Å². The number of benzene rings is 2. The van der Waals surface area contributed by atoms with Crippen LogP contribution in [0, 0.1) is 11.3 Å². The number of hydrogen-bond acceptors (Lipinski definition) is 5. The third-order valence-corrected chi connectivity index (χ3v) is 8.66. The molecule has 0 saturated carbocycles. The first kappa shape index (κ1) is 31.1. The first-order chi connectivity index (χ1) is 19.5.